The molecule has 0 heterocycles. The fourth-order valence-corrected chi connectivity index (χ4v) is 1.56. The number of nitrogens with one attached hydrogen (secondary N) is 1. The van der Waals surface area contributed by atoms with Crippen LogP contribution in [0.1, 0.15) is 0 Å². The Morgan fingerprint density at radius 1 is 1.05 bits per heavy atom. The third-order valence-corrected chi connectivity index (χ3v) is 2.58. The van der Waals surface area contributed by atoms with E-state index in [9.17, 15) is 4.79 Å². The zero-order chi connectivity index (χ0) is 14.4. The van der Waals surface area contributed by atoms with Gasteiger partial charge in [-0.25, -0.2) is 0 Å². The normalized spacial score (nSPS) is 9.85. The number of aromatic hydroxyl groups is 1. The van der Waals surface area contributed by atoms with Crippen LogP contribution < -0.4 is 14.8 Å². The second-order valence-electron chi connectivity index (χ2n) is 4.06. The molecule has 0 aliphatic rings. The van der Waals surface area contributed by atoms with Crippen LogP contribution in [0, 0.1) is 0 Å². The molecule has 0 bridgehead atoms. The van der Waals surface area contributed by atoms with Gasteiger partial charge in [-0.2, -0.15) is 0 Å². The summed E-state index contributed by atoms with van der Waals surface area (Å²) in [5.74, 6) is 1.14. The minimum absolute atomic E-state index is 0.100. The van der Waals surface area contributed by atoms with E-state index in [4.69, 9.17) is 14.6 Å². The van der Waals surface area contributed by atoms with Crippen molar-refractivity contribution in [3.8, 4) is 17.2 Å². The molecule has 5 heteroatoms. The van der Waals surface area contributed by atoms with Gasteiger partial charge in [0.15, 0.2) is 6.61 Å². The van der Waals surface area contributed by atoms with E-state index in [0.717, 1.165) is 5.75 Å². The fourth-order valence-electron chi connectivity index (χ4n) is 1.56. The van der Waals surface area contributed by atoms with E-state index in [2.05, 4.69) is 5.32 Å². The number of phenols is 1. The van der Waals surface area contributed by atoms with Gasteiger partial charge in [0.1, 0.15) is 17.2 Å². The minimum Gasteiger partial charge on any atom is -0.508 e. The molecule has 0 fully saturated rings. The van der Waals surface area contributed by atoms with Gasteiger partial charge in [-0.1, -0.05) is 0 Å². The average Bonchev–Trinajstić information content (AvgIpc) is 2.47. The Kier molecular flexibility index (Phi) is 4.44. The van der Waals surface area contributed by atoms with Gasteiger partial charge < -0.3 is 19.9 Å². The summed E-state index contributed by atoms with van der Waals surface area (Å²) in [7, 11) is 1.58. The lowest BCUT2D eigenvalue weighted by Gasteiger charge is -2.08. The second-order valence-corrected chi connectivity index (χ2v) is 4.06. The van der Waals surface area contributed by atoms with Crippen molar-refractivity contribution in [1.29, 1.82) is 0 Å². The first kappa shape index (κ1) is 13.7. The van der Waals surface area contributed by atoms with Crippen LogP contribution in [0.5, 0.6) is 17.2 Å². The van der Waals surface area contributed by atoms with Crippen LogP contribution in [0.2, 0.25) is 0 Å². The number of ether oxygens (including phenoxy) is 2. The zero-order valence-corrected chi connectivity index (χ0v) is 11.0. The highest BCUT2D eigenvalue weighted by Crippen LogP contribution is 2.17. The third kappa shape index (κ3) is 3.91. The van der Waals surface area contributed by atoms with Gasteiger partial charge in [-0.3, -0.25) is 4.79 Å². The first-order chi connectivity index (χ1) is 9.67. The number of rotatable bonds is 5. The molecule has 0 unspecified atom stereocenters. The molecule has 2 N–H and O–H groups in total. The largest absolute Gasteiger partial charge is 0.508 e. The van der Waals surface area contributed by atoms with E-state index in [-0.39, 0.29) is 18.3 Å². The maximum absolute atomic E-state index is 11.7. The van der Waals surface area contributed by atoms with Crippen molar-refractivity contribution >= 4 is 11.6 Å². The highest BCUT2D eigenvalue weighted by molar-refractivity contribution is 5.91. The van der Waals surface area contributed by atoms with Gasteiger partial charge in [0.2, 0.25) is 0 Å². The predicted molar refractivity (Wildman–Crippen MR) is 75.2 cm³/mol. The monoisotopic (exact) mass is 273 g/mol. The fraction of sp³-hybridized carbons (Fsp3) is 0.133. The van der Waals surface area contributed by atoms with Crippen LogP contribution >= 0.6 is 0 Å². The molecule has 0 radical (unpaired) electrons. The molecule has 0 saturated heterocycles. The Labute approximate surface area is 116 Å². The maximum Gasteiger partial charge on any atom is 0.262 e. The number of amides is 1. The van der Waals surface area contributed by atoms with E-state index in [0.29, 0.717) is 11.4 Å². The van der Waals surface area contributed by atoms with Gasteiger partial charge in [0.05, 0.1) is 7.11 Å². The first-order valence-electron chi connectivity index (χ1n) is 6.03. The minimum atomic E-state index is -0.261. The number of methoxy groups -OCH3 is 1. The summed E-state index contributed by atoms with van der Waals surface area (Å²) in [4.78, 5) is 11.7. The molecule has 0 spiro atoms. The van der Waals surface area contributed by atoms with Crippen molar-refractivity contribution in [2.24, 2.45) is 0 Å². The second kappa shape index (κ2) is 6.47. The molecule has 0 saturated carbocycles. The summed E-state index contributed by atoms with van der Waals surface area (Å²) in [6, 6.07) is 13.2. The van der Waals surface area contributed by atoms with Crippen molar-refractivity contribution in [2.75, 3.05) is 19.0 Å². The van der Waals surface area contributed by atoms with Crippen molar-refractivity contribution in [3.63, 3.8) is 0 Å². The van der Waals surface area contributed by atoms with E-state index >= 15 is 0 Å². The van der Waals surface area contributed by atoms with Crippen molar-refractivity contribution in [3.05, 3.63) is 48.5 Å². The average molecular weight is 273 g/mol. The highest BCUT2D eigenvalue weighted by Gasteiger charge is 2.04. The number of hydrogen-bond acceptors (Lipinski definition) is 4. The Morgan fingerprint density at radius 2 is 1.65 bits per heavy atom. The lowest BCUT2D eigenvalue weighted by Crippen LogP contribution is -2.20. The summed E-state index contributed by atoms with van der Waals surface area (Å²) in [6.07, 6.45) is 0. The van der Waals surface area contributed by atoms with Gasteiger partial charge in [0, 0.05) is 5.69 Å². The molecule has 5 nitrogen and oxygen atoms in total. The number of phenolic OH excluding ortho intramolecular Hbond substituents is 1. The van der Waals surface area contributed by atoms with Gasteiger partial charge >= 0.3 is 0 Å². The molecule has 2 aromatic rings. The lowest BCUT2D eigenvalue weighted by atomic mass is 10.3. The summed E-state index contributed by atoms with van der Waals surface area (Å²) >= 11 is 0. The third-order valence-electron chi connectivity index (χ3n) is 2.58. The topological polar surface area (TPSA) is 67.8 Å². The van der Waals surface area contributed by atoms with Crippen LogP contribution in [0.3, 0.4) is 0 Å². The molecular formula is C15H15NO4. The van der Waals surface area contributed by atoms with E-state index in [1.54, 1.807) is 43.5 Å². The van der Waals surface area contributed by atoms with Crippen LogP contribution in [0.25, 0.3) is 0 Å². The maximum atomic E-state index is 11.7. The predicted octanol–water partition coefficient (Wildman–Crippen LogP) is 2.42. The highest BCUT2D eigenvalue weighted by atomic mass is 16.5. The Bertz CT molecular complexity index is 563. The van der Waals surface area contributed by atoms with Crippen molar-refractivity contribution in [1.82, 2.24) is 0 Å². The Balaban J connectivity index is 1.84. The van der Waals surface area contributed by atoms with Crippen molar-refractivity contribution in [2.45, 2.75) is 0 Å². The summed E-state index contributed by atoms with van der Waals surface area (Å²) in [6.45, 7) is -0.100. The molecule has 104 valence electrons. The SMILES string of the molecule is COc1ccc(NC(=O)COc2ccc(O)cc2)cc1. The quantitative estimate of drug-likeness (QED) is 0.878. The zero-order valence-electron chi connectivity index (χ0n) is 11.0. The van der Waals surface area contributed by atoms with E-state index in [1.807, 2.05) is 0 Å². The standard InChI is InChI=1S/C15H15NO4/c1-19-13-6-2-11(3-7-13)16-15(18)10-20-14-8-4-12(17)5-9-14/h2-9,17H,10H2,1H3,(H,16,18). The van der Waals surface area contributed by atoms with Crippen molar-refractivity contribution < 1.29 is 19.4 Å². The summed E-state index contributed by atoms with van der Waals surface area (Å²) < 4.78 is 10.3. The van der Waals surface area contributed by atoms with E-state index < -0.39 is 0 Å². The first-order valence-corrected chi connectivity index (χ1v) is 6.03. The molecule has 0 aliphatic carbocycles. The smallest absolute Gasteiger partial charge is 0.262 e. The van der Waals surface area contributed by atoms with Crippen LogP contribution in [0.15, 0.2) is 48.5 Å². The van der Waals surface area contributed by atoms with Crippen LogP contribution in [0.4, 0.5) is 5.69 Å². The summed E-state index contributed by atoms with van der Waals surface area (Å²) in [5, 5.41) is 11.8. The Morgan fingerprint density at radius 3 is 2.25 bits per heavy atom. The Hall–Kier alpha value is -2.69. The molecular weight excluding hydrogens is 258 g/mol. The van der Waals surface area contributed by atoms with Gasteiger partial charge in [0.25, 0.3) is 5.91 Å². The summed E-state index contributed by atoms with van der Waals surface area (Å²) in [5.41, 5.74) is 0.671. The molecule has 2 rings (SSSR count). The molecule has 20 heavy (non-hydrogen) atoms. The molecule has 2 aromatic carbocycles. The number of carbonyl (C=O) groups is 1. The number of hydrogen-bond donors (Lipinski definition) is 2. The molecule has 0 aliphatic heterocycles. The van der Waals surface area contributed by atoms with E-state index in [1.165, 1.54) is 12.1 Å². The molecule has 0 atom stereocenters. The van der Waals surface area contributed by atoms with Gasteiger partial charge in [-0.05, 0) is 48.5 Å². The van der Waals surface area contributed by atoms with Crippen LogP contribution in [-0.4, -0.2) is 24.7 Å². The number of benzene rings is 2. The number of carbonyl (C=O) groups excluding carboxylic acids is 1. The van der Waals surface area contributed by atoms with Crippen LogP contribution in [-0.2, 0) is 4.79 Å². The lowest BCUT2D eigenvalue weighted by molar-refractivity contribution is -0.118. The van der Waals surface area contributed by atoms with Gasteiger partial charge in [-0.15, -0.1) is 0 Å². The number of anilines is 1. The molecule has 0 aromatic heterocycles. The molecule has 1 amide bonds.